The van der Waals surface area contributed by atoms with Gasteiger partial charge in [-0.1, -0.05) is 151 Å². The molecule has 4 aliphatic rings. The van der Waals surface area contributed by atoms with E-state index < -0.39 is 27.4 Å². The summed E-state index contributed by atoms with van der Waals surface area (Å²) in [5, 5.41) is 3.11. The molecule has 20 heteroatoms. The van der Waals surface area contributed by atoms with Gasteiger partial charge in [-0.2, -0.15) is 0 Å². The second kappa shape index (κ2) is 31.4. The second-order valence-corrected chi connectivity index (χ2v) is 31.0. The molecule has 0 N–H and O–H groups in total. The van der Waals surface area contributed by atoms with Gasteiger partial charge in [-0.05, 0) is 218 Å². The van der Waals surface area contributed by atoms with Crippen molar-refractivity contribution in [2.45, 2.75) is 96.2 Å². The summed E-state index contributed by atoms with van der Waals surface area (Å²) >= 11 is 0. The monoisotopic (exact) mass is 1560 g/mol. The summed E-state index contributed by atoms with van der Waals surface area (Å²) in [6.45, 7) is 10.1. The molecule has 0 unspecified atom stereocenters. The Bertz CT molecular complexity index is 7260. The van der Waals surface area contributed by atoms with E-state index in [0.29, 0.717) is 90.5 Å². The first kappa shape index (κ1) is 63.9. The number of rotatable bonds is 8. The number of nitrogens with zero attached hydrogens (tertiary/aromatic N) is 12. The molecule has 0 aliphatic carbocycles. The lowest BCUT2D eigenvalue weighted by atomic mass is 9.59. The van der Waals surface area contributed by atoms with E-state index in [1.165, 1.54) is 16.7 Å². The average molecular weight is 1560 g/mol. The maximum absolute atomic E-state index is 8.18. The number of furan rings is 4. The molecule has 4 aliphatic heterocycles. The molecule has 0 saturated carbocycles. The molecule has 16 nitrogen and oxygen atoms in total. The topological polar surface area (TPSA) is 133 Å². The van der Waals surface area contributed by atoms with Gasteiger partial charge in [0.25, 0.3) is 46.8 Å². The van der Waals surface area contributed by atoms with Crippen LogP contribution in [-0.2, 0) is 28.2 Å². The first-order chi connectivity index (χ1) is 61.8. The Morgan fingerprint density at radius 2 is 0.669 bits per heavy atom. The number of fused-ring (bicyclic) bond motifs is 12. The van der Waals surface area contributed by atoms with Crippen molar-refractivity contribution in [1.29, 1.82) is 0 Å². The lowest BCUT2D eigenvalue weighted by Crippen LogP contribution is -2.44. The number of hydrogen-bond donors (Lipinski definition) is 0. The number of benzene rings is 4. The first-order valence-corrected chi connectivity index (χ1v) is 39.7. The molecule has 16 aromatic rings. The summed E-state index contributed by atoms with van der Waals surface area (Å²) in [4.78, 5) is 26.4. The summed E-state index contributed by atoms with van der Waals surface area (Å²) in [6.07, 6.45) is 10.1. The van der Waals surface area contributed by atoms with Crippen molar-refractivity contribution < 1.29 is 52.4 Å². The van der Waals surface area contributed by atoms with Gasteiger partial charge in [0.05, 0.1) is 96.8 Å². The number of pyridine rings is 8. The number of allylic oxidation sites excluding steroid dienone is 3. The number of aromatic nitrogens is 8. The minimum absolute atomic E-state index is 0.178. The van der Waals surface area contributed by atoms with Gasteiger partial charge >= 0.3 is 27.4 Å². The zero-order valence-electron chi connectivity index (χ0n) is 80.6. The molecule has 4 aromatic carbocycles. The maximum atomic E-state index is 8.18. The van der Waals surface area contributed by atoms with Crippen LogP contribution in [-0.4, -0.2) is 47.3 Å². The smallest absolute Gasteiger partial charge is 0.404 e. The van der Waals surface area contributed by atoms with Crippen LogP contribution >= 0.6 is 0 Å². The Morgan fingerprint density at radius 3 is 1.08 bits per heavy atom. The van der Waals surface area contributed by atoms with Crippen LogP contribution in [0.3, 0.4) is 0 Å². The third-order valence-corrected chi connectivity index (χ3v) is 22.4. The van der Waals surface area contributed by atoms with Crippen LogP contribution in [0.5, 0.6) is 0 Å². The molecule has 118 heavy (non-hydrogen) atoms. The molecule has 0 fully saturated rings. The fourth-order valence-corrected chi connectivity index (χ4v) is 16.5. The molecule has 0 bridgehead atoms. The summed E-state index contributed by atoms with van der Waals surface area (Å²) in [7, 11) is 7.85. The van der Waals surface area contributed by atoms with Gasteiger partial charge in [0.2, 0.25) is 22.9 Å². The van der Waals surface area contributed by atoms with Gasteiger partial charge in [-0.25, -0.2) is 38.2 Å². The molecule has 580 valence electrons. The number of hydrogen-bond acceptors (Lipinski definition) is 12. The Kier molecular flexibility index (Phi) is 17.0. The highest BCUT2D eigenvalue weighted by atomic mass is 16.4. The first-order valence-electron chi connectivity index (χ1n) is 45.7. The van der Waals surface area contributed by atoms with Crippen molar-refractivity contribution in [3.05, 3.63) is 311 Å². The zero-order chi connectivity index (χ0) is 92.2. The van der Waals surface area contributed by atoms with Crippen LogP contribution < -0.4 is 37.5 Å². The zero-order valence-corrected chi connectivity index (χ0v) is 68.6. The van der Waals surface area contributed by atoms with Crippen LogP contribution in [0.4, 0.5) is 46.8 Å². The lowest BCUT2D eigenvalue weighted by molar-refractivity contribution is -0.658. The van der Waals surface area contributed by atoms with Crippen LogP contribution in [0.25, 0.3) is 112 Å². The Morgan fingerprint density at radius 1 is 0.322 bits per heavy atom. The Balaban J connectivity index is 0.000000122. The Hall–Kier alpha value is -13.3. The fraction of sp³-hybridized carbons (Fsp3) is 0.184. The standard InChI is InChI=1S/2C25H25BN3O.2C24H23BN3O/c1-16-14-26(4)29(25-23(16)20-12-11-18(3)27-24(20)30-25)22-13-21(17(2)15-28(22)5)19-9-7-6-8-10-19;1-16-13-22(28(5)15-21(16)19-9-7-6-8-10-19)29-25-23(17(2)14-26(29)4)20-12-11-18(3)27-24(20)30-25;1-16-15-25(3)28(24-22(16)20-11-10-17(2)26-23(20)29-24)21-14-19(12-13-27(21)4)18-8-6-5-7-9-18;1-16-14-22(27(4)15-21(16)18-8-6-5-7-9-18)28-24-20(12-13-25(28)3)19-11-10-17(2)26-23(19)29-24/h2*6-15H,1-5H3;2*5-15H,1-4H3/q4*+1/i1D3,2D3;2D3;1D3;. The normalized spacial score (nSPS) is 15.4. The lowest BCUT2D eigenvalue weighted by Gasteiger charge is -2.25. The summed E-state index contributed by atoms with van der Waals surface area (Å²) in [6, 6.07) is 66.1. The van der Waals surface area contributed by atoms with Crippen molar-refractivity contribution >= 4 is 141 Å². The number of aryl methyl sites for hydroxylation is 11. The quantitative estimate of drug-likeness (QED) is 0.106. The minimum atomic E-state index is -2.35. The highest BCUT2D eigenvalue weighted by Crippen LogP contribution is 2.48. The molecule has 12 aromatic heterocycles. The molecular formula is C98H96B4N12O4+4. The van der Waals surface area contributed by atoms with E-state index in [0.717, 1.165) is 95.8 Å². The van der Waals surface area contributed by atoms with E-state index in [4.69, 9.17) is 34.1 Å². The average Bonchev–Trinajstić information content (AvgIpc) is 1.55. The number of anilines is 8. The minimum Gasteiger partial charge on any atom is -0.404 e. The van der Waals surface area contributed by atoms with Gasteiger partial charge in [0.15, 0.2) is 0 Å². The molecule has 0 saturated heterocycles. The third kappa shape index (κ3) is 14.3. The predicted molar refractivity (Wildman–Crippen MR) is 486 cm³/mol. The van der Waals surface area contributed by atoms with Crippen LogP contribution in [0.2, 0.25) is 27.3 Å². The fourth-order valence-electron chi connectivity index (χ4n) is 16.5. The van der Waals surface area contributed by atoms with Crippen molar-refractivity contribution in [2.75, 3.05) is 19.2 Å². The van der Waals surface area contributed by atoms with Gasteiger partial charge in [0.1, 0.15) is 0 Å². The van der Waals surface area contributed by atoms with E-state index >= 15 is 0 Å². The third-order valence-electron chi connectivity index (χ3n) is 22.4. The van der Waals surface area contributed by atoms with E-state index in [2.05, 4.69) is 170 Å². The van der Waals surface area contributed by atoms with Crippen molar-refractivity contribution in [1.82, 2.24) is 19.9 Å². The highest BCUT2D eigenvalue weighted by Gasteiger charge is 2.44. The van der Waals surface area contributed by atoms with Crippen LogP contribution in [0.15, 0.2) is 267 Å². The van der Waals surface area contributed by atoms with Crippen molar-refractivity contribution in [2.24, 2.45) is 28.2 Å². The molecule has 0 atom stereocenters. The van der Waals surface area contributed by atoms with Crippen molar-refractivity contribution in [3.8, 4) is 44.5 Å². The maximum Gasteiger partial charge on any atom is 0.406 e. The largest absolute Gasteiger partial charge is 0.406 e. The Labute approximate surface area is 709 Å². The molecule has 16 heterocycles. The molecular weight excluding hydrogens is 1450 g/mol. The summed E-state index contributed by atoms with van der Waals surface area (Å²) < 4.78 is 131. The molecule has 0 amide bonds. The van der Waals surface area contributed by atoms with E-state index in [1.54, 1.807) is 23.8 Å². The SMILES string of the molecule is CB1C=Cc2c(oc3nc(C)ccc23)N1c1cc(C)c(-c2ccccc2)c[n+]1C.[2H]C([2H])([2H])C1=CB(C)N(c2cc(-c3ccccc3)c(C([2H])([2H])[2H])c[n+]2C)c2oc3nc(C)ccc3c21.[2H]C([2H])([2H])C1=CB(C)N(c2cc(-c3ccccc3)cc[n+]2C)c2oc3nc(C)ccc3c21.[2H]C([2H])([2H])C1=CB(C)N(c2cc(C)c(-c3ccccc3)c[n+]2C)c2oc3nc(C)ccc3c21. The van der Waals surface area contributed by atoms with Gasteiger partial charge in [0, 0.05) is 74.6 Å². The summed E-state index contributed by atoms with van der Waals surface area (Å²) in [5.41, 5.74) is 19.8. The van der Waals surface area contributed by atoms with Crippen molar-refractivity contribution in [3.63, 3.8) is 0 Å². The summed E-state index contributed by atoms with van der Waals surface area (Å²) in [5.74, 6) is 13.4. The van der Waals surface area contributed by atoms with E-state index in [9.17, 15) is 0 Å². The van der Waals surface area contributed by atoms with E-state index in [1.807, 2.05) is 216 Å². The molecule has 0 radical (unpaired) electrons. The highest BCUT2D eigenvalue weighted by molar-refractivity contribution is 6.72. The van der Waals surface area contributed by atoms with Gasteiger partial charge in [-0.3, -0.25) is 19.2 Å². The van der Waals surface area contributed by atoms with Gasteiger partial charge in [-0.15, -0.1) is 0 Å². The molecule has 0 spiro atoms. The second-order valence-electron chi connectivity index (χ2n) is 31.0. The van der Waals surface area contributed by atoms with Crippen LogP contribution in [0.1, 0.15) is 98.7 Å². The van der Waals surface area contributed by atoms with E-state index in [-0.39, 0.29) is 38.5 Å². The predicted octanol–water partition coefficient (Wildman–Crippen LogP) is 21.9. The van der Waals surface area contributed by atoms with Crippen LogP contribution in [0, 0.1) is 48.4 Å². The van der Waals surface area contributed by atoms with Gasteiger partial charge < -0.3 is 17.7 Å². The molecule has 20 rings (SSSR count).